The highest BCUT2D eigenvalue weighted by Crippen LogP contribution is 2.28. The van der Waals surface area contributed by atoms with E-state index >= 15 is 0 Å². The van der Waals surface area contributed by atoms with Crippen LogP contribution in [0.5, 0.6) is 11.5 Å². The molecular formula is C11H9BrO3. The van der Waals surface area contributed by atoms with Gasteiger partial charge < -0.3 is 9.84 Å². The molecule has 0 aliphatic heterocycles. The van der Waals surface area contributed by atoms with E-state index in [9.17, 15) is 9.90 Å². The van der Waals surface area contributed by atoms with Gasteiger partial charge in [-0.05, 0) is 6.07 Å². The van der Waals surface area contributed by atoms with Crippen LogP contribution in [-0.4, -0.2) is 23.8 Å². The van der Waals surface area contributed by atoms with Crippen LogP contribution in [0.15, 0.2) is 12.1 Å². The molecule has 0 saturated heterocycles. The Morgan fingerprint density at radius 3 is 2.87 bits per heavy atom. The van der Waals surface area contributed by atoms with Crippen LogP contribution >= 0.6 is 15.9 Å². The number of carbonyl (C=O) groups is 1. The first-order chi connectivity index (χ1) is 7.22. The van der Waals surface area contributed by atoms with Crippen LogP contribution in [-0.2, 0) is 0 Å². The number of rotatable bonds is 2. The van der Waals surface area contributed by atoms with Gasteiger partial charge in [-0.3, -0.25) is 4.79 Å². The zero-order valence-corrected chi connectivity index (χ0v) is 9.67. The lowest BCUT2D eigenvalue weighted by Gasteiger charge is -2.05. The van der Waals surface area contributed by atoms with E-state index in [4.69, 9.17) is 4.74 Å². The normalized spacial score (nSPS) is 8.93. The smallest absolute Gasteiger partial charge is 0.161 e. The second kappa shape index (κ2) is 5.42. The molecule has 1 aromatic rings. The summed E-state index contributed by atoms with van der Waals surface area (Å²) in [6.07, 6.45) is 0.650. The lowest BCUT2D eigenvalue weighted by Crippen LogP contribution is -1.91. The van der Waals surface area contributed by atoms with Crippen molar-refractivity contribution in [3.05, 3.63) is 23.3 Å². The highest BCUT2D eigenvalue weighted by atomic mass is 79.9. The first kappa shape index (κ1) is 11.6. The molecule has 0 saturated carbocycles. The number of ether oxygens (including phenoxy) is 1. The molecule has 3 nitrogen and oxygen atoms in total. The van der Waals surface area contributed by atoms with E-state index in [1.165, 1.54) is 19.2 Å². The first-order valence-electron chi connectivity index (χ1n) is 4.14. The van der Waals surface area contributed by atoms with Crippen LogP contribution in [0.25, 0.3) is 0 Å². The summed E-state index contributed by atoms with van der Waals surface area (Å²) >= 11 is 3.16. The van der Waals surface area contributed by atoms with Gasteiger partial charge in [-0.1, -0.05) is 27.8 Å². The van der Waals surface area contributed by atoms with Gasteiger partial charge in [-0.15, -0.1) is 0 Å². The van der Waals surface area contributed by atoms with E-state index in [1.54, 1.807) is 0 Å². The average Bonchev–Trinajstić information content (AvgIpc) is 2.26. The number of alkyl halides is 1. The molecule has 0 aliphatic rings. The van der Waals surface area contributed by atoms with E-state index in [-0.39, 0.29) is 5.75 Å². The SMILES string of the molecule is COc1cc(C#CCBr)c(C=O)cc1O. The fourth-order valence-electron chi connectivity index (χ4n) is 1.08. The second-order valence-corrected chi connectivity index (χ2v) is 3.23. The summed E-state index contributed by atoms with van der Waals surface area (Å²) < 4.78 is 4.92. The monoisotopic (exact) mass is 268 g/mol. The van der Waals surface area contributed by atoms with Gasteiger partial charge in [0.1, 0.15) is 0 Å². The van der Waals surface area contributed by atoms with Crippen molar-refractivity contribution in [2.24, 2.45) is 0 Å². The number of hydrogen-bond donors (Lipinski definition) is 1. The predicted molar refractivity (Wildman–Crippen MR) is 60.7 cm³/mol. The second-order valence-electron chi connectivity index (χ2n) is 2.66. The van der Waals surface area contributed by atoms with Gasteiger partial charge in [0.05, 0.1) is 12.4 Å². The minimum absolute atomic E-state index is 0.0657. The lowest BCUT2D eigenvalue weighted by atomic mass is 10.1. The van der Waals surface area contributed by atoms with Gasteiger partial charge in [-0.25, -0.2) is 0 Å². The van der Waals surface area contributed by atoms with Gasteiger partial charge in [0.2, 0.25) is 0 Å². The molecule has 1 rings (SSSR count). The molecule has 1 aromatic carbocycles. The molecule has 0 bridgehead atoms. The first-order valence-corrected chi connectivity index (χ1v) is 5.26. The van der Waals surface area contributed by atoms with Crippen LogP contribution in [0.2, 0.25) is 0 Å². The number of halogens is 1. The Balaban J connectivity index is 3.28. The van der Waals surface area contributed by atoms with Crippen molar-refractivity contribution in [3.8, 4) is 23.3 Å². The van der Waals surface area contributed by atoms with Crippen molar-refractivity contribution < 1.29 is 14.6 Å². The Morgan fingerprint density at radius 1 is 1.60 bits per heavy atom. The molecule has 0 amide bonds. The molecule has 0 spiro atoms. The highest BCUT2D eigenvalue weighted by molar-refractivity contribution is 9.09. The van der Waals surface area contributed by atoms with Gasteiger partial charge >= 0.3 is 0 Å². The van der Waals surface area contributed by atoms with Crippen molar-refractivity contribution in [2.45, 2.75) is 0 Å². The summed E-state index contributed by atoms with van der Waals surface area (Å²) in [4.78, 5) is 10.7. The van der Waals surface area contributed by atoms with Crippen LogP contribution < -0.4 is 4.74 Å². The van der Waals surface area contributed by atoms with E-state index in [0.717, 1.165) is 0 Å². The minimum Gasteiger partial charge on any atom is -0.504 e. The molecule has 1 N–H and O–H groups in total. The molecular weight excluding hydrogens is 260 g/mol. The molecule has 15 heavy (non-hydrogen) atoms. The molecule has 78 valence electrons. The summed E-state index contributed by atoms with van der Waals surface area (Å²) in [5.74, 6) is 5.82. The van der Waals surface area contributed by atoms with Gasteiger partial charge in [0.25, 0.3) is 0 Å². The van der Waals surface area contributed by atoms with Crippen molar-refractivity contribution in [3.63, 3.8) is 0 Å². The van der Waals surface area contributed by atoms with Crippen LogP contribution in [0.4, 0.5) is 0 Å². The van der Waals surface area contributed by atoms with Crippen molar-refractivity contribution in [1.29, 1.82) is 0 Å². The maximum absolute atomic E-state index is 10.7. The number of methoxy groups -OCH3 is 1. The maximum atomic E-state index is 10.7. The van der Waals surface area contributed by atoms with E-state index in [2.05, 4.69) is 27.8 Å². The quantitative estimate of drug-likeness (QED) is 0.507. The van der Waals surface area contributed by atoms with E-state index in [1.807, 2.05) is 0 Å². The van der Waals surface area contributed by atoms with Crippen molar-refractivity contribution in [1.82, 2.24) is 0 Å². The molecule has 0 radical (unpaired) electrons. The summed E-state index contributed by atoms with van der Waals surface area (Å²) in [5.41, 5.74) is 0.890. The minimum atomic E-state index is -0.0657. The number of hydrogen-bond acceptors (Lipinski definition) is 3. The van der Waals surface area contributed by atoms with Crippen LogP contribution in [0.1, 0.15) is 15.9 Å². The highest BCUT2D eigenvalue weighted by Gasteiger charge is 2.07. The Morgan fingerprint density at radius 2 is 2.33 bits per heavy atom. The predicted octanol–water partition coefficient (Wildman–Crippen LogP) is 1.96. The fraction of sp³-hybridized carbons (Fsp3) is 0.182. The lowest BCUT2D eigenvalue weighted by molar-refractivity contribution is 0.112. The third-order valence-corrected chi connectivity index (χ3v) is 2.05. The van der Waals surface area contributed by atoms with Crippen LogP contribution in [0, 0.1) is 11.8 Å². The van der Waals surface area contributed by atoms with E-state index in [0.29, 0.717) is 28.5 Å². The zero-order valence-electron chi connectivity index (χ0n) is 8.08. The van der Waals surface area contributed by atoms with Crippen LogP contribution in [0.3, 0.4) is 0 Å². The molecule has 4 heteroatoms. The van der Waals surface area contributed by atoms with E-state index < -0.39 is 0 Å². The molecule has 0 heterocycles. The summed E-state index contributed by atoms with van der Waals surface area (Å²) in [7, 11) is 1.44. The number of phenolic OH excluding ortho intramolecular Hbond substituents is 1. The average molecular weight is 269 g/mol. The van der Waals surface area contributed by atoms with Gasteiger partial charge in [0, 0.05) is 17.2 Å². The third-order valence-electron chi connectivity index (χ3n) is 1.77. The Bertz CT molecular complexity index is 429. The fourth-order valence-corrected chi connectivity index (χ4v) is 1.22. The largest absolute Gasteiger partial charge is 0.504 e. The Hall–Kier alpha value is -1.47. The molecule has 0 fully saturated rings. The Kier molecular flexibility index (Phi) is 4.19. The summed E-state index contributed by atoms with van der Waals surface area (Å²) in [6.45, 7) is 0. The summed E-state index contributed by atoms with van der Waals surface area (Å²) in [6, 6.07) is 2.87. The zero-order chi connectivity index (χ0) is 11.3. The number of aromatic hydroxyl groups is 1. The maximum Gasteiger partial charge on any atom is 0.161 e. The number of carbonyl (C=O) groups excluding carboxylic acids is 1. The summed E-state index contributed by atoms with van der Waals surface area (Å²) in [5, 5.41) is 9.95. The standard InChI is InChI=1S/C11H9BrO3/c1-15-11-6-8(3-2-4-12)9(7-13)5-10(11)14/h5-7,14H,4H2,1H3. The molecule has 0 unspecified atom stereocenters. The topological polar surface area (TPSA) is 46.5 Å². The molecule has 0 atom stereocenters. The van der Waals surface area contributed by atoms with Gasteiger partial charge in [-0.2, -0.15) is 0 Å². The Labute approximate surface area is 96.2 Å². The number of phenols is 1. The third kappa shape index (κ3) is 2.74. The molecule has 0 aromatic heterocycles. The molecule has 0 aliphatic carbocycles. The number of benzene rings is 1. The number of aldehydes is 1. The van der Waals surface area contributed by atoms with Crippen molar-refractivity contribution in [2.75, 3.05) is 12.4 Å². The van der Waals surface area contributed by atoms with Crippen molar-refractivity contribution >= 4 is 22.2 Å². The van der Waals surface area contributed by atoms with Gasteiger partial charge in [0.15, 0.2) is 17.8 Å².